The summed E-state index contributed by atoms with van der Waals surface area (Å²) in [6, 6.07) is 12.0. The lowest BCUT2D eigenvalue weighted by atomic mass is 10.2. The minimum absolute atomic E-state index is 0.170. The normalized spacial score (nSPS) is 11.3. The lowest BCUT2D eigenvalue weighted by Gasteiger charge is -2.05. The minimum Gasteiger partial charge on any atom is -0.423 e. The van der Waals surface area contributed by atoms with E-state index in [9.17, 15) is 9.18 Å². The maximum Gasteiger partial charge on any atom is 0.343 e. The van der Waals surface area contributed by atoms with Gasteiger partial charge in [0.05, 0.1) is 11.8 Å². The molecule has 8 heteroatoms. The van der Waals surface area contributed by atoms with Crippen LogP contribution in [0.25, 0.3) is 0 Å². The lowest BCUT2D eigenvalue weighted by molar-refractivity contribution is 0.0734. The molecule has 138 valence electrons. The van der Waals surface area contributed by atoms with Gasteiger partial charge in [-0.15, -0.1) is 0 Å². The Morgan fingerprint density at radius 1 is 1.22 bits per heavy atom. The molecule has 0 amide bonds. The first kappa shape index (κ1) is 18.7. The molecular weight excluding hydrogens is 367 g/mol. The van der Waals surface area contributed by atoms with Crippen molar-refractivity contribution < 1.29 is 13.9 Å². The summed E-state index contributed by atoms with van der Waals surface area (Å²) in [6.45, 7) is 4.00. The molecule has 0 bridgehead atoms. The van der Waals surface area contributed by atoms with Crippen LogP contribution in [0.2, 0.25) is 0 Å². The average molecular weight is 384 g/mol. The van der Waals surface area contributed by atoms with Crippen LogP contribution in [0.3, 0.4) is 0 Å². The van der Waals surface area contributed by atoms with E-state index in [0.717, 1.165) is 11.4 Å². The summed E-state index contributed by atoms with van der Waals surface area (Å²) in [5, 5.41) is 11.2. The van der Waals surface area contributed by atoms with Crippen LogP contribution >= 0.6 is 12.2 Å². The van der Waals surface area contributed by atoms with Crippen molar-refractivity contribution in [1.82, 2.24) is 14.9 Å². The minimum atomic E-state index is -0.553. The summed E-state index contributed by atoms with van der Waals surface area (Å²) in [4.78, 5) is 12.0. The fourth-order valence-electron chi connectivity index (χ4n) is 2.29. The zero-order valence-electron chi connectivity index (χ0n) is 14.7. The van der Waals surface area contributed by atoms with Gasteiger partial charge in [0.25, 0.3) is 0 Å². The number of ether oxygens (including phenoxy) is 1. The molecule has 1 heterocycles. The van der Waals surface area contributed by atoms with Crippen LogP contribution in [0.5, 0.6) is 5.75 Å². The number of aromatic amines is 1. The van der Waals surface area contributed by atoms with Crippen LogP contribution in [-0.2, 0) is 0 Å². The maximum atomic E-state index is 12.9. The number of carbonyl (C=O) groups excluding carboxylic acids is 1. The molecule has 0 radical (unpaired) electrons. The van der Waals surface area contributed by atoms with Crippen LogP contribution in [0.15, 0.2) is 53.6 Å². The highest BCUT2D eigenvalue weighted by atomic mass is 32.1. The third-order valence-corrected chi connectivity index (χ3v) is 3.95. The maximum absolute atomic E-state index is 12.9. The first-order chi connectivity index (χ1) is 12.9. The van der Waals surface area contributed by atoms with Crippen molar-refractivity contribution in [3.05, 3.63) is 76.1 Å². The number of benzene rings is 2. The molecule has 0 fully saturated rings. The van der Waals surface area contributed by atoms with Crippen molar-refractivity contribution >= 4 is 24.4 Å². The van der Waals surface area contributed by atoms with Gasteiger partial charge in [-0.05, 0) is 66.3 Å². The number of halogens is 1. The van der Waals surface area contributed by atoms with Gasteiger partial charge in [0.15, 0.2) is 5.82 Å². The van der Waals surface area contributed by atoms with E-state index < -0.39 is 11.8 Å². The Balaban J connectivity index is 1.70. The predicted octanol–water partition coefficient (Wildman–Crippen LogP) is 4.30. The van der Waals surface area contributed by atoms with Gasteiger partial charge in [-0.3, -0.25) is 5.10 Å². The molecule has 0 saturated heterocycles. The van der Waals surface area contributed by atoms with Crippen LogP contribution in [-0.4, -0.2) is 27.1 Å². The quantitative estimate of drug-likeness (QED) is 0.308. The van der Waals surface area contributed by atoms with E-state index >= 15 is 0 Å². The van der Waals surface area contributed by atoms with Gasteiger partial charge >= 0.3 is 5.97 Å². The van der Waals surface area contributed by atoms with E-state index in [1.54, 1.807) is 35.2 Å². The van der Waals surface area contributed by atoms with E-state index in [1.165, 1.54) is 24.3 Å². The zero-order valence-corrected chi connectivity index (χ0v) is 15.5. The Bertz CT molecular complexity index is 1020. The van der Waals surface area contributed by atoms with Gasteiger partial charge < -0.3 is 4.74 Å². The monoisotopic (exact) mass is 384 g/mol. The smallest absolute Gasteiger partial charge is 0.343 e. The SMILES string of the molecule is CC(C)c1n[nH]c(=S)n1/N=C\c1ccc(OC(=O)c2ccc(F)cc2)cc1. The Morgan fingerprint density at radius 3 is 2.52 bits per heavy atom. The Hall–Kier alpha value is -3.13. The van der Waals surface area contributed by atoms with Gasteiger partial charge in [-0.2, -0.15) is 14.9 Å². The van der Waals surface area contributed by atoms with Crippen LogP contribution in [0, 0.1) is 10.6 Å². The number of hydrogen-bond acceptors (Lipinski definition) is 5. The molecule has 0 aliphatic rings. The van der Waals surface area contributed by atoms with Crippen molar-refractivity contribution in [3.8, 4) is 5.75 Å². The average Bonchev–Trinajstić information content (AvgIpc) is 3.02. The topological polar surface area (TPSA) is 72.3 Å². The van der Waals surface area contributed by atoms with E-state index in [1.807, 2.05) is 13.8 Å². The summed E-state index contributed by atoms with van der Waals surface area (Å²) in [5.41, 5.74) is 1.08. The van der Waals surface area contributed by atoms with E-state index in [-0.39, 0.29) is 11.5 Å². The van der Waals surface area contributed by atoms with Gasteiger partial charge in [-0.25, -0.2) is 9.18 Å². The van der Waals surface area contributed by atoms with Crippen molar-refractivity contribution in [2.24, 2.45) is 5.10 Å². The largest absolute Gasteiger partial charge is 0.423 e. The highest BCUT2D eigenvalue weighted by Crippen LogP contribution is 2.15. The molecule has 2 aromatic carbocycles. The molecule has 0 aliphatic heterocycles. The van der Waals surface area contributed by atoms with Crippen molar-refractivity contribution in [3.63, 3.8) is 0 Å². The lowest BCUT2D eigenvalue weighted by Crippen LogP contribution is -2.08. The Morgan fingerprint density at radius 2 is 1.89 bits per heavy atom. The summed E-state index contributed by atoms with van der Waals surface area (Å²) in [7, 11) is 0. The summed E-state index contributed by atoms with van der Waals surface area (Å²) < 4.78 is 20.2. The number of rotatable bonds is 5. The summed E-state index contributed by atoms with van der Waals surface area (Å²) in [6.07, 6.45) is 1.64. The van der Waals surface area contributed by atoms with Crippen molar-refractivity contribution in [1.29, 1.82) is 0 Å². The highest BCUT2D eigenvalue weighted by molar-refractivity contribution is 7.71. The molecule has 0 atom stereocenters. The second-order valence-corrected chi connectivity index (χ2v) is 6.45. The first-order valence-corrected chi connectivity index (χ1v) is 8.64. The number of aromatic nitrogens is 3. The molecule has 1 N–H and O–H groups in total. The van der Waals surface area contributed by atoms with E-state index in [0.29, 0.717) is 10.5 Å². The number of hydrogen-bond donors (Lipinski definition) is 1. The van der Waals surface area contributed by atoms with Crippen molar-refractivity contribution in [2.45, 2.75) is 19.8 Å². The molecule has 3 rings (SSSR count). The van der Waals surface area contributed by atoms with Gasteiger partial charge in [0.1, 0.15) is 11.6 Å². The summed E-state index contributed by atoms with van der Waals surface area (Å²) in [5.74, 6) is 0.324. The molecule has 0 spiro atoms. The number of nitrogens with zero attached hydrogens (tertiary/aromatic N) is 3. The van der Waals surface area contributed by atoms with Gasteiger partial charge in [0, 0.05) is 5.92 Å². The third kappa shape index (κ3) is 4.53. The molecule has 6 nitrogen and oxygen atoms in total. The van der Waals surface area contributed by atoms with Crippen LogP contribution < -0.4 is 4.74 Å². The number of carbonyl (C=O) groups is 1. The fraction of sp³-hybridized carbons (Fsp3) is 0.158. The summed E-state index contributed by atoms with van der Waals surface area (Å²) >= 11 is 5.18. The molecule has 27 heavy (non-hydrogen) atoms. The fourth-order valence-corrected chi connectivity index (χ4v) is 2.47. The van der Waals surface area contributed by atoms with Gasteiger partial charge in [-0.1, -0.05) is 13.8 Å². The highest BCUT2D eigenvalue weighted by Gasteiger charge is 2.10. The molecule has 3 aromatic rings. The molecule has 0 aliphatic carbocycles. The Labute approximate surface area is 160 Å². The molecular formula is C19H17FN4O2S. The van der Waals surface area contributed by atoms with Crippen molar-refractivity contribution in [2.75, 3.05) is 0 Å². The molecule has 0 unspecified atom stereocenters. The molecule has 1 aromatic heterocycles. The van der Waals surface area contributed by atoms with Gasteiger partial charge in [0.2, 0.25) is 4.77 Å². The first-order valence-electron chi connectivity index (χ1n) is 8.23. The van der Waals surface area contributed by atoms with Crippen LogP contribution in [0.1, 0.15) is 41.5 Å². The Kier molecular flexibility index (Phi) is 5.56. The van der Waals surface area contributed by atoms with E-state index in [2.05, 4.69) is 15.3 Å². The number of H-pyrrole nitrogens is 1. The number of esters is 1. The second-order valence-electron chi connectivity index (χ2n) is 6.06. The van der Waals surface area contributed by atoms with E-state index in [4.69, 9.17) is 17.0 Å². The standard InChI is InChI=1S/C19H17FN4O2S/c1-12(2)17-22-23-19(27)24(17)21-11-13-3-9-16(10-4-13)26-18(25)14-5-7-15(20)8-6-14/h3-12H,1-2H3,(H,23,27)/b21-11-. The second kappa shape index (κ2) is 8.05. The molecule has 0 saturated carbocycles. The number of nitrogens with one attached hydrogen (secondary N) is 1. The van der Waals surface area contributed by atoms with Crippen LogP contribution in [0.4, 0.5) is 4.39 Å². The zero-order chi connectivity index (χ0) is 19.4. The predicted molar refractivity (Wildman–Crippen MR) is 102 cm³/mol. The third-order valence-electron chi connectivity index (χ3n) is 3.68.